The average Bonchev–Trinajstić information content (AvgIpc) is 2.53. The Bertz CT molecular complexity index is 572. The van der Waals surface area contributed by atoms with Crippen molar-refractivity contribution in [3.8, 4) is 6.07 Å². The van der Waals surface area contributed by atoms with Crippen molar-refractivity contribution in [1.29, 1.82) is 5.26 Å². The Morgan fingerprint density at radius 1 is 1.36 bits per heavy atom. The lowest BCUT2D eigenvalue weighted by molar-refractivity contribution is 0.0901. The molecule has 0 radical (unpaired) electrons. The Morgan fingerprint density at radius 2 is 2.05 bits per heavy atom. The van der Waals surface area contributed by atoms with Gasteiger partial charge in [0.2, 0.25) is 0 Å². The first-order valence-electron chi connectivity index (χ1n) is 7.55. The Labute approximate surface area is 131 Å². The van der Waals surface area contributed by atoms with Crippen LogP contribution in [-0.4, -0.2) is 48.8 Å². The van der Waals surface area contributed by atoms with E-state index in [0.717, 1.165) is 11.4 Å². The molecule has 1 aromatic heterocycles. The normalized spacial score (nSPS) is 14.9. The maximum absolute atomic E-state index is 11.9. The van der Waals surface area contributed by atoms with E-state index in [2.05, 4.69) is 16.0 Å². The van der Waals surface area contributed by atoms with Crippen molar-refractivity contribution in [1.82, 2.24) is 9.88 Å². The molecule has 118 valence electrons. The molecule has 0 spiro atoms. The van der Waals surface area contributed by atoms with Crippen molar-refractivity contribution in [3.63, 3.8) is 0 Å². The summed E-state index contributed by atoms with van der Waals surface area (Å²) < 4.78 is 5.25. The van der Waals surface area contributed by atoms with Crippen LogP contribution in [-0.2, 0) is 4.74 Å². The second kappa shape index (κ2) is 7.12. The summed E-state index contributed by atoms with van der Waals surface area (Å²) in [7, 11) is 0. The van der Waals surface area contributed by atoms with Crippen LogP contribution in [0.1, 0.15) is 25.1 Å². The van der Waals surface area contributed by atoms with E-state index in [1.54, 1.807) is 4.90 Å². The number of amides is 1. The third-order valence-corrected chi connectivity index (χ3v) is 3.59. The van der Waals surface area contributed by atoms with Gasteiger partial charge in [-0.05, 0) is 24.5 Å². The number of anilines is 1. The number of carbonyl (C=O) groups is 1. The first kappa shape index (κ1) is 16.1. The van der Waals surface area contributed by atoms with Crippen LogP contribution in [0.25, 0.3) is 0 Å². The molecule has 0 bridgehead atoms. The van der Waals surface area contributed by atoms with Gasteiger partial charge in [0.25, 0.3) is 0 Å². The lowest BCUT2D eigenvalue weighted by atomic mass is 10.2. The SMILES string of the molecule is Cc1ccc(N2CCN(C(=O)OCC(C)C)CC2)nc1C#N. The quantitative estimate of drug-likeness (QED) is 0.856. The minimum absolute atomic E-state index is 0.247. The summed E-state index contributed by atoms with van der Waals surface area (Å²) in [4.78, 5) is 20.1. The van der Waals surface area contributed by atoms with Crippen LogP contribution in [0.3, 0.4) is 0 Å². The molecule has 0 aliphatic carbocycles. The van der Waals surface area contributed by atoms with Crippen LogP contribution in [0.15, 0.2) is 12.1 Å². The number of hydrogen-bond acceptors (Lipinski definition) is 5. The van der Waals surface area contributed by atoms with E-state index in [9.17, 15) is 4.79 Å². The molecule has 6 nitrogen and oxygen atoms in total. The molecule has 0 N–H and O–H groups in total. The smallest absolute Gasteiger partial charge is 0.409 e. The van der Waals surface area contributed by atoms with Gasteiger partial charge >= 0.3 is 6.09 Å². The zero-order valence-corrected chi connectivity index (χ0v) is 13.4. The van der Waals surface area contributed by atoms with E-state index in [1.165, 1.54) is 0 Å². The number of pyridine rings is 1. The van der Waals surface area contributed by atoms with Crippen molar-refractivity contribution in [3.05, 3.63) is 23.4 Å². The molecule has 1 aromatic rings. The largest absolute Gasteiger partial charge is 0.449 e. The van der Waals surface area contributed by atoms with Gasteiger partial charge in [-0.1, -0.05) is 19.9 Å². The van der Waals surface area contributed by atoms with Gasteiger partial charge in [0, 0.05) is 26.2 Å². The van der Waals surface area contributed by atoms with E-state index in [0.29, 0.717) is 44.4 Å². The Hall–Kier alpha value is -2.29. The maximum Gasteiger partial charge on any atom is 0.409 e. The first-order chi connectivity index (χ1) is 10.5. The highest BCUT2D eigenvalue weighted by atomic mass is 16.6. The molecule has 0 unspecified atom stereocenters. The van der Waals surface area contributed by atoms with Crippen molar-refractivity contribution >= 4 is 11.9 Å². The molecule has 2 heterocycles. The standard InChI is InChI=1S/C16H22N4O2/c1-12(2)11-22-16(21)20-8-6-19(7-9-20)15-5-4-13(3)14(10-17)18-15/h4-5,12H,6-9,11H2,1-3H3. The van der Waals surface area contributed by atoms with E-state index in [1.807, 2.05) is 32.9 Å². The van der Waals surface area contributed by atoms with Crippen LogP contribution in [0.2, 0.25) is 0 Å². The highest BCUT2D eigenvalue weighted by molar-refractivity contribution is 5.68. The predicted octanol–water partition coefficient (Wildman–Crippen LogP) is 2.18. The van der Waals surface area contributed by atoms with Crippen LogP contribution < -0.4 is 4.90 Å². The van der Waals surface area contributed by atoms with Crippen molar-refractivity contribution in [2.24, 2.45) is 5.92 Å². The van der Waals surface area contributed by atoms with Crippen LogP contribution in [0.4, 0.5) is 10.6 Å². The summed E-state index contributed by atoms with van der Waals surface area (Å²) in [5.74, 6) is 1.13. The molecule has 1 fully saturated rings. The second-order valence-electron chi connectivity index (χ2n) is 5.89. The predicted molar refractivity (Wildman–Crippen MR) is 83.7 cm³/mol. The lowest BCUT2D eigenvalue weighted by Crippen LogP contribution is -2.49. The van der Waals surface area contributed by atoms with Gasteiger partial charge in [-0.2, -0.15) is 5.26 Å². The molecule has 0 saturated carbocycles. The van der Waals surface area contributed by atoms with Crippen molar-refractivity contribution in [2.75, 3.05) is 37.7 Å². The molecule has 6 heteroatoms. The summed E-state index contributed by atoms with van der Waals surface area (Å²) in [6.07, 6.45) is -0.247. The maximum atomic E-state index is 11.9. The number of nitriles is 1. The number of hydrogen-bond donors (Lipinski definition) is 0. The fourth-order valence-electron chi connectivity index (χ4n) is 2.26. The van der Waals surface area contributed by atoms with Gasteiger partial charge in [-0.3, -0.25) is 0 Å². The van der Waals surface area contributed by atoms with Gasteiger partial charge < -0.3 is 14.5 Å². The molecule has 1 aliphatic heterocycles. The monoisotopic (exact) mass is 302 g/mol. The fourth-order valence-corrected chi connectivity index (χ4v) is 2.26. The number of piperazine rings is 1. The summed E-state index contributed by atoms with van der Waals surface area (Å²) >= 11 is 0. The average molecular weight is 302 g/mol. The molecular weight excluding hydrogens is 280 g/mol. The lowest BCUT2D eigenvalue weighted by Gasteiger charge is -2.35. The number of rotatable bonds is 3. The highest BCUT2D eigenvalue weighted by Crippen LogP contribution is 2.16. The number of nitrogens with zero attached hydrogens (tertiary/aromatic N) is 4. The molecule has 22 heavy (non-hydrogen) atoms. The molecule has 0 atom stereocenters. The Kier molecular flexibility index (Phi) is 5.21. The van der Waals surface area contributed by atoms with Crippen molar-refractivity contribution in [2.45, 2.75) is 20.8 Å². The minimum atomic E-state index is -0.247. The van der Waals surface area contributed by atoms with Crippen LogP contribution in [0, 0.1) is 24.2 Å². The van der Waals surface area contributed by atoms with Gasteiger partial charge in [0.15, 0.2) is 0 Å². The number of carbonyl (C=O) groups excluding carboxylic acids is 1. The molecule has 0 aromatic carbocycles. The number of aryl methyl sites for hydroxylation is 1. The van der Waals surface area contributed by atoms with E-state index in [4.69, 9.17) is 10.00 Å². The van der Waals surface area contributed by atoms with E-state index < -0.39 is 0 Å². The molecule has 1 aliphatic rings. The number of ether oxygens (including phenoxy) is 1. The third kappa shape index (κ3) is 3.88. The zero-order valence-electron chi connectivity index (χ0n) is 13.4. The molecule has 2 rings (SSSR count). The second-order valence-corrected chi connectivity index (χ2v) is 5.89. The Morgan fingerprint density at radius 3 is 2.64 bits per heavy atom. The van der Waals surface area contributed by atoms with Crippen LogP contribution in [0.5, 0.6) is 0 Å². The van der Waals surface area contributed by atoms with E-state index >= 15 is 0 Å². The van der Waals surface area contributed by atoms with E-state index in [-0.39, 0.29) is 6.09 Å². The Balaban J connectivity index is 1.92. The third-order valence-electron chi connectivity index (χ3n) is 3.59. The molecule has 1 saturated heterocycles. The summed E-state index contributed by atoms with van der Waals surface area (Å²) in [6.45, 7) is 8.95. The van der Waals surface area contributed by atoms with Gasteiger partial charge in [-0.15, -0.1) is 0 Å². The zero-order chi connectivity index (χ0) is 16.1. The van der Waals surface area contributed by atoms with Crippen molar-refractivity contribution < 1.29 is 9.53 Å². The van der Waals surface area contributed by atoms with Gasteiger partial charge in [0.05, 0.1) is 6.61 Å². The molecule has 1 amide bonds. The summed E-state index contributed by atoms with van der Waals surface area (Å²) in [5.41, 5.74) is 1.33. The highest BCUT2D eigenvalue weighted by Gasteiger charge is 2.23. The summed E-state index contributed by atoms with van der Waals surface area (Å²) in [5, 5.41) is 9.06. The molecular formula is C16H22N4O2. The van der Waals surface area contributed by atoms with Gasteiger partial charge in [-0.25, -0.2) is 9.78 Å². The summed E-state index contributed by atoms with van der Waals surface area (Å²) in [6, 6.07) is 5.93. The minimum Gasteiger partial charge on any atom is -0.449 e. The fraction of sp³-hybridized carbons (Fsp3) is 0.562. The van der Waals surface area contributed by atoms with Gasteiger partial charge in [0.1, 0.15) is 17.6 Å². The van der Waals surface area contributed by atoms with Crippen LogP contribution >= 0.6 is 0 Å². The topological polar surface area (TPSA) is 69.5 Å². The number of aromatic nitrogens is 1. The first-order valence-corrected chi connectivity index (χ1v) is 7.55.